The van der Waals surface area contributed by atoms with Crippen LogP contribution in [0.15, 0.2) is 37.2 Å². The summed E-state index contributed by atoms with van der Waals surface area (Å²) in [5.74, 6) is 0. The van der Waals surface area contributed by atoms with Gasteiger partial charge in [-0.05, 0) is 25.3 Å². The molecule has 7 heteroatoms. The number of aromatic nitrogens is 4. The zero-order chi connectivity index (χ0) is 18.2. The molecule has 27 heavy (non-hydrogen) atoms. The number of fused-ring (bicyclic) bond motifs is 1. The van der Waals surface area contributed by atoms with E-state index in [0.29, 0.717) is 6.04 Å². The van der Waals surface area contributed by atoms with Crippen LogP contribution in [0.25, 0.3) is 22.2 Å². The Morgan fingerprint density at radius 2 is 2.00 bits per heavy atom. The highest BCUT2D eigenvalue weighted by molar-refractivity contribution is 6.02. The summed E-state index contributed by atoms with van der Waals surface area (Å²) in [6.45, 7) is 3.84. The second-order valence-corrected chi connectivity index (χ2v) is 7.56. The Hall–Kier alpha value is -2.51. The SMILES string of the molecule is OC1CCN([C@H]2CCCN(c3ccnc4[nH]cc(-c5cncnc5)c34)C2)C1. The van der Waals surface area contributed by atoms with Gasteiger partial charge in [-0.15, -0.1) is 0 Å². The molecule has 5 heterocycles. The fourth-order valence-electron chi connectivity index (χ4n) is 4.54. The third-order valence-electron chi connectivity index (χ3n) is 5.87. The van der Waals surface area contributed by atoms with Gasteiger partial charge in [0.1, 0.15) is 12.0 Å². The number of β-amino-alcohol motifs (C(OH)–C–C–N with tert-alkyl or cyclic N) is 1. The largest absolute Gasteiger partial charge is 0.392 e. The molecule has 2 aliphatic heterocycles. The Morgan fingerprint density at radius 1 is 1.11 bits per heavy atom. The second-order valence-electron chi connectivity index (χ2n) is 7.56. The van der Waals surface area contributed by atoms with Crippen molar-refractivity contribution in [2.24, 2.45) is 0 Å². The number of nitrogens with one attached hydrogen (secondary N) is 1. The molecule has 2 atom stereocenters. The topological polar surface area (TPSA) is 81.2 Å². The summed E-state index contributed by atoms with van der Waals surface area (Å²) in [7, 11) is 0. The van der Waals surface area contributed by atoms with Gasteiger partial charge < -0.3 is 15.0 Å². The normalized spacial score (nSPS) is 24.0. The molecule has 3 aromatic heterocycles. The molecule has 3 aromatic rings. The Labute approximate surface area is 158 Å². The molecular weight excluding hydrogens is 340 g/mol. The number of hydrogen-bond acceptors (Lipinski definition) is 6. The number of likely N-dealkylation sites (tertiary alicyclic amines) is 1. The third-order valence-corrected chi connectivity index (χ3v) is 5.87. The minimum atomic E-state index is -0.164. The van der Waals surface area contributed by atoms with Crippen LogP contribution in [0.3, 0.4) is 0 Å². The first-order valence-electron chi connectivity index (χ1n) is 9.68. The Bertz CT molecular complexity index is 927. The number of H-pyrrole nitrogens is 1. The van der Waals surface area contributed by atoms with Gasteiger partial charge in [-0.3, -0.25) is 4.90 Å². The average Bonchev–Trinajstić information content (AvgIpc) is 3.35. The maximum absolute atomic E-state index is 9.91. The van der Waals surface area contributed by atoms with Crippen molar-refractivity contribution in [2.75, 3.05) is 31.1 Å². The van der Waals surface area contributed by atoms with E-state index < -0.39 is 0 Å². The number of anilines is 1. The molecule has 7 nitrogen and oxygen atoms in total. The van der Waals surface area contributed by atoms with Gasteiger partial charge in [0.25, 0.3) is 0 Å². The molecule has 0 saturated carbocycles. The molecule has 140 valence electrons. The lowest BCUT2D eigenvalue weighted by Crippen LogP contribution is -2.47. The summed E-state index contributed by atoms with van der Waals surface area (Å²) in [5, 5.41) is 11.0. The third kappa shape index (κ3) is 3.07. The average molecular weight is 364 g/mol. The van der Waals surface area contributed by atoms with E-state index in [-0.39, 0.29) is 6.10 Å². The molecular formula is C20H24N6O. The van der Waals surface area contributed by atoms with E-state index in [2.05, 4.69) is 35.8 Å². The highest BCUT2D eigenvalue weighted by Crippen LogP contribution is 2.36. The molecule has 2 saturated heterocycles. The lowest BCUT2D eigenvalue weighted by molar-refractivity contribution is 0.151. The van der Waals surface area contributed by atoms with Gasteiger partial charge in [0, 0.05) is 73.8 Å². The lowest BCUT2D eigenvalue weighted by Gasteiger charge is -2.39. The van der Waals surface area contributed by atoms with Crippen molar-refractivity contribution >= 4 is 16.7 Å². The Morgan fingerprint density at radius 3 is 2.81 bits per heavy atom. The standard InChI is InChI=1S/C20H24N6O/c27-16-4-7-25(12-16)15-2-1-6-26(11-15)18-3-5-23-20-19(18)17(10-24-20)14-8-21-13-22-9-14/h3,5,8-10,13,15-16,27H,1-2,4,6-7,11-12H2,(H,23,24)/t15-,16?/m0/s1. The number of pyridine rings is 1. The van der Waals surface area contributed by atoms with Crippen LogP contribution in [0.4, 0.5) is 5.69 Å². The van der Waals surface area contributed by atoms with Crippen molar-refractivity contribution in [3.8, 4) is 11.1 Å². The maximum atomic E-state index is 9.91. The number of rotatable bonds is 3. The highest BCUT2D eigenvalue weighted by Gasteiger charge is 2.31. The molecule has 2 fully saturated rings. The first-order chi connectivity index (χ1) is 13.3. The maximum Gasteiger partial charge on any atom is 0.139 e. The van der Waals surface area contributed by atoms with Crippen LogP contribution in [-0.4, -0.2) is 68.3 Å². The molecule has 0 spiro atoms. The molecule has 2 N–H and O–H groups in total. The van der Waals surface area contributed by atoms with Crippen molar-refractivity contribution in [3.05, 3.63) is 37.2 Å². The van der Waals surface area contributed by atoms with Gasteiger partial charge in [0.2, 0.25) is 0 Å². The smallest absolute Gasteiger partial charge is 0.139 e. The first kappa shape index (κ1) is 16.6. The van der Waals surface area contributed by atoms with E-state index in [4.69, 9.17) is 0 Å². The van der Waals surface area contributed by atoms with Gasteiger partial charge in [-0.1, -0.05) is 0 Å². The van der Waals surface area contributed by atoms with Crippen LogP contribution in [0.2, 0.25) is 0 Å². The van der Waals surface area contributed by atoms with Crippen LogP contribution in [0, 0.1) is 0 Å². The van der Waals surface area contributed by atoms with Gasteiger partial charge >= 0.3 is 0 Å². The predicted molar refractivity (Wildman–Crippen MR) is 105 cm³/mol. The summed E-state index contributed by atoms with van der Waals surface area (Å²) < 4.78 is 0. The minimum absolute atomic E-state index is 0.164. The molecule has 1 unspecified atom stereocenters. The van der Waals surface area contributed by atoms with Crippen LogP contribution in [-0.2, 0) is 0 Å². The van der Waals surface area contributed by atoms with Crippen molar-refractivity contribution in [3.63, 3.8) is 0 Å². The van der Waals surface area contributed by atoms with Gasteiger partial charge in [0.05, 0.1) is 11.5 Å². The summed E-state index contributed by atoms with van der Waals surface area (Å²) in [5.41, 5.74) is 4.19. The van der Waals surface area contributed by atoms with Crippen molar-refractivity contribution < 1.29 is 5.11 Å². The predicted octanol–water partition coefficient (Wildman–Crippen LogP) is 2.06. The van der Waals surface area contributed by atoms with Crippen molar-refractivity contribution in [1.29, 1.82) is 0 Å². The number of nitrogens with zero attached hydrogens (tertiary/aromatic N) is 5. The monoisotopic (exact) mass is 364 g/mol. The van der Waals surface area contributed by atoms with Crippen LogP contribution >= 0.6 is 0 Å². The fourth-order valence-corrected chi connectivity index (χ4v) is 4.54. The van der Waals surface area contributed by atoms with Crippen LogP contribution in [0.5, 0.6) is 0 Å². The quantitative estimate of drug-likeness (QED) is 0.740. The molecule has 2 aliphatic rings. The van der Waals surface area contributed by atoms with Gasteiger partial charge in [-0.25, -0.2) is 15.0 Å². The first-order valence-corrected chi connectivity index (χ1v) is 9.68. The Kier molecular flexibility index (Phi) is 4.26. The molecule has 0 radical (unpaired) electrons. The highest BCUT2D eigenvalue weighted by atomic mass is 16.3. The van der Waals surface area contributed by atoms with E-state index in [0.717, 1.165) is 61.2 Å². The van der Waals surface area contributed by atoms with Crippen molar-refractivity contribution in [1.82, 2.24) is 24.8 Å². The summed E-state index contributed by atoms with van der Waals surface area (Å²) in [6, 6.07) is 2.62. The number of piperidine rings is 1. The molecule has 0 amide bonds. The van der Waals surface area contributed by atoms with E-state index in [9.17, 15) is 5.11 Å². The van der Waals surface area contributed by atoms with E-state index >= 15 is 0 Å². The number of aliphatic hydroxyl groups excluding tert-OH is 1. The second kappa shape index (κ2) is 6.90. The Balaban J connectivity index is 1.50. The summed E-state index contributed by atoms with van der Waals surface area (Å²) >= 11 is 0. The number of aliphatic hydroxyl groups is 1. The molecule has 5 rings (SSSR count). The van der Waals surface area contributed by atoms with E-state index in [1.54, 1.807) is 6.33 Å². The minimum Gasteiger partial charge on any atom is -0.392 e. The molecule has 0 aliphatic carbocycles. The summed E-state index contributed by atoms with van der Waals surface area (Å²) in [4.78, 5) is 21.1. The van der Waals surface area contributed by atoms with Crippen molar-refractivity contribution in [2.45, 2.75) is 31.4 Å². The van der Waals surface area contributed by atoms with E-state index in [1.807, 2.05) is 24.8 Å². The van der Waals surface area contributed by atoms with E-state index in [1.165, 1.54) is 12.1 Å². The number of aromatic amines is 1. The van der Waals surface area contributed by atoms with Gasteiger partial charge in [-0.2, -0.15) is 0 Å². The summed E-state index contributed by atoms with van der Waals surface area (Å²) in [6.07, 6.45) is 12.2. The van der Waals surface area contributed by atoms with Gasteiger partial charge in [0.15, 0.2) is 0 Å². The van der Waals surface area contributed by atoms with Crippen LogP contribution in [0.1, 0.15) is 19.3 Å². The lowest BCUT2D eigenvalue weighted by atomic mass is 10.0. The zero-order valence-corrected chi connectivity index (χ0v) is 15.3. The molecule has 0 aromatic carbocycles. The zero-order valence-electron chi connectivity index (χ0n) is 15.3. The van der Waals surface area contributed by atoms with Crippen LogP contribution < -0.4 is 4.90 Å². The fraction of sp³-hybridized carbons (Fsp3) is 0.450. The number of hydrogen-bond donors (Lipinski definition) is 2. The molecule has 0 bridgehead atoms.